The van der Waals surface area contributed by atoms with E-state index < -0.39 is 5.41 Å². The number of hydrogen-bond acceptors (Lipinski definition) is 7. The van der Waals surface area contributed by atoms with E-state index in [2.05, 4.69) is 45.4 Å². The molecule has 2 aromatic carbocycles. The van der Waals surface area contributed by atoms with Crippen molar-refractivity contribution in [1.82, 2.24) is 14.9 Å². The van der Waals surface area contributed by atoms with Crippen LogP contribution in [0.1, 0.15) is 65.5 Å². The Balaban J connectivity index is 1.47. The van der Waals surface area contributed by atoms with Gasteiger partial charge in [0.1, 0.15) is 5.82 Å². The minimum Gasteiger partial charge on any atom is -0.369 e. The maximum atomic E-state index is 12.7. The molecule has 3 aromatic rings. The van der Waals surface area contributed by atoms with Gasteiger partial charge in [-0.05, 0) is 63.1 Å². The number of rotatable bonds is 8. The number of imide groups is 1. The normalized spacial score (nSPS) is 12.4. The van der Waals surface area contributed by atoms with Crippen molar-refractivity contribution in [3.63, 3.8) is 0 Å². The van der Waals surface area contributed by atoms with E-state index in [0.29, 0.717) is 47.0 Å². The molecule has 0 aliphatic carbocycles. The van der Waals surface area contributed by atoms with E-state index in [-0.39, 0.29) is 11.8 Å². The molecule has 0 saturated heterocycles. The van der Waals surface area contributed by atoms with Crippen molar-refractivity contribution in [3.8, 4) is 17.9 Å². The molecular weight excluding hydrogens is 464 g/mol. The van der Waals surface area contributed by atoms with Crippen LogP contribution in [0.5, 0.6) is 0 Å². The van der Waals surface area contributed by atoms with E-state index in [1.165, 1.54) is 4.90 Å². The topological polar surface area (TPSA) is 111 Å². The van der Waals surface area contributed by atoms with Gasteiger partial charge in [-0.1, -0.05) is 30.9 Å². The lowest BCUT2D eigenvalue weighted by Crippen LogP contribution is -2.33. The molecule has 2 heterocycles. The second-order valence-electron chi connectivity index (χ2n) is 9.39. The van der Waals surface area contributed by atoms with Crippen LogP contribution in [-0.4, -0.2) is 39.8 Å². The van der Waals surface area contributed by atoms with Gasteiger partial charge in [-0.2, -0.15) is 10.2 Å². The van der Waals surface area contributed by atoms with E-state index in [0.717, 1.165) is 18.7 Å². The molecule has 0 spiro atoms. The van der Waals surface area contributed by atoms with E-state index in [9.17, 15) is 9.59 Å². The molecule has 37 heavy (non-hydrogen) atoms. The van der Waals surface area contributed by atoms with Crippen molar-refractivity contribution in [2.45, 2.75) is 33.6 Å². The maximum absolute atomic E-state index is 12.7. The van der Waals surface area contributed by atoms with Gasteiger partial charge in [-0.25, -0.2) is 4.98 Å². The Morgan fingerprint density at radius 1 is 1.03 bits per heavy atom. The summed E-state index contributed by atoms with van der Waals surface area (Å²) in [5.41, 5.74) is 2.45. The average Bonchev–Trinajstić information content (AvgIpc) is 3.15. The quantitative estimate of drug-likeness (QED) is 0.337. The smallest absolute Gasteiger partial charge is 0.261 e. The van der Waals surface area contributed by atoms with Gasteiger partial charge in [0.25, 0.3) is 11.8 Å². The minimum atomic E-state index is -0.462. The number of nitrogens with zero attached hydrogens (tertiary/aromatic N) is 4. The standard InChI is InChI=1S/C29H28N6O2/c1-4-16-31-25-21(19-32-28(34-25)33-22-11-9-20(18-30)10-12-22)13-14-29(2,3)15-17-35-26(36)23-7-5-6-8-24(23)27(35)37/h5-12,19H,4,15-17H2,1-3H3,(H2,31,32,33,34). The van der Waals surface area contributed by atoms with Crippen LogP contribution in [0.2, 0.25) is 0 Å². The Morgan fingerprint density at radius 3 is 2.32 bits per heavy atom. The first-order valence-electron chi connectivity index (χ1n) is 12.2. The van der Waals surface area contributed by atoms with Crippen LogP contribution in [0.3, 0.4) is 0 Å². The summed E-state index contributed by atoms with van der Waals surface area (Å²) in [6, 6.07) is 16.0. The van der Waals surface area contributed by atoms with Crippen molar-refractivity contribution < 1.29 is 9.59 Å². The number of carbonyl (C=O) groups is 2. The summed E-state index contributed by atoms with van der Waals surface area (Å²) in [7, 11) is 0. The lowest BCUT2D eigenvalue weighted by molar-refractivity contribution is 0.0643. The highest BCUT2D eigenvalue weighted by molar-refractivity contribution is 6.21. The lowest BCUT2D eigenvalue weighted by Gasteiger charge is -2.21. The van der Waals surface area contributed by atoms with Crippen LogP contribution in [0.25, 0.3) is 0 Å². The van der Waals surface area contributed by atoms with Gasteiger partial charge >= 0.3 is 0 Å². The molecule has 0 saturated carbocycles. The van der Waals surface area contributed by atoms with Gasteiger partial charge in [-0.3, -0.25) is 14.5 Å². The van der Waals surface area contributed by atoms with Crippen molar-refractivity contribution in [2.75, 3.05) is 23.7 Å². The van der Waals surface area contributed by atoms with Crippen LogP contribution >= 0.6 is 0 Å². The number of amides is 2. The average molecular weight is 493 g/mol. The molecular formula is C29H28N6O2. The number of carbonyl (C=O) groups excluding carboxylic acids is 2. The lowest BCUT2D eigenvalue weighted by atomic mass is 9.89. The third-order valence-corrected chi connectivity index (χ3v) is 5.98. The Hall–Kier alpha value is -4.69. The molecule has 186 valence electrons. The van der Waals surface area contributed by atoms with Crippen LogP contribution in [0, 0.1) is 28.6 Å². The van der Waals surface area contributed by atoms with Gasteiger partial charge in [-0.15, -0.1) is 0 Å². The summed E-state index contributed by atoms with van der Waals surface area (Å²) in [5, 5.41) is 15.4. The summed E-state index contributed by atoms with van der Waals surface area (Å²) < 4.78 is 0. The monoisotopic (exact) mass is 492 g/mol. The first kappa shape index (κ1) is 25.4. The number of nitrogens with one attached hydrogen (secondary N) is 2. The van der Waals surface area contributed by atoms with Crippen LogP contribution in [0.4, 0.5) is 17.5 Å². The number of aromatic nitrogens is 2. The van der Waals surface area contributed by atoms with Gasteiger partial charge in [0.15, 0.2) is 0 Å². The Bertz CT molecular complexity index is 1390. The van der Waals surface area contributed by atoms with E-state index >= 15 is 0 Å². The Labute approximate surface area is 216 Å². The molecule has 2 N–H and O–H groups in total. The van der Waals surface area contributed by atoms with Crippen molar-refractivity contribution in [3.05, 3.63) is 77.0 Å². The van der Waals surface area contributed by atoms with Crippen molar-refractivity contribution in [1.29, 1.82) is 5.26 Å². The Kier molecular flexibility index (Phi) is 7.50. The number of anilines is 3. The number of hydrogen-bond donors (Lipinski definition) is 2. The molecule has 1 aliphatic rings. The zero-order chi connectivity index (χ0) is 26.4. The summed E-state index contributed by atoms with van der Waals surface area (Å²) in [4.78, 5) is 35.6. The number of benzene rings is 2. The first-order valence-corrected chi connectivity index (χ1v) is 12.2. The van der Waals surface area contributed by atoms with E-state index in [4.69, 9.17) is 5.26 Å². The molecule has 8 heteroatoms. The SMILES string of the molecule is CCCNc1nc(Nc2ccc(C#N)cc2)ncc1C#CC(C)(C)CCN1C(=O)c2ccccc2C1=O. The fourth-order valence-electron chi connectivity index (χ4n) is 3.80. The summed E-state index contributed by atoms with van der Waals surface area (Å²) >= 11 is 0. The van der Waals surface area contributed by atoms with Crippen LogP contribution in [0.15, 0.2) is 54.7 Å². The predicted molar refractivity (Wildman–Crippen MR) is 142 cm³/mol. The molecule has 1 aromatic heterocycles. The minimum absolute atomic E-state index is 0.255. The second kappa shape index (κ2) is 10.9. The fraction of sp³-hybridized carbons (Fsp3) is 0.276. The molecule has 0 radical (unpaired) electrons. The maximum Gasteiger partial charge on any atom is 0.261 e. The molecule has 1 aliphatic heterocycles. The molecule has 0 unspecified atom stereocenters. The second-order valence-corrected chi connectivity index (χ2v) is 9.39. The molecule has 0 bridgehead atoms. The van der Waals surface area contributed by atoms with E-state index in [1.807, 2.05) is 13.8 Å². The van der Waals surface area contributed by atoms with Crippen LogP contribution < -0.4 is 10.6 Å². The van der Waals surface area contributed by atoms with Gasteiger partial charge in [0, 0.05) is 24.2 Å². The van der Waals surface area contributed by atoms with Gasteiger partial charge in [0.2, 0.25) is 5.95 Å². The van der Waals surface area contributed by atoms with Crippen molar-refractivity contribution in [2.24, 2.45) is 5.41 Å². The third kappa shape index (κ3) is 5.94. The third-order valence-electron chi connectivity index (χ3n) is 5.98. The Morgan fingerprint density at radius 2 is 1.70 bits per heavy atom. The molecule has 8 nitrogen and oxygen atoms in total. The highest BCUT2D eigenvalue weighted by Gasteiger charge is 2.35. The van der Waals surface area contributed by atoms with E-state index in [1.54, 1.807) is 54.7 Å². The molecule has 0 fully saturated rings. The summed E-state index contributed by atoms with van der Waals surface area (Å²) in [6.45, 7) is 7.06. The number of nitriles is 1. The van der Waals surface area contributed by atoms with Crippen molar-refractivity contribution >= 4 is 29.3 Å². The molecule has 4 rings (SSSR count). The highest BCUT2D eigenvalue weighted by Crippen LogP contribution is 2.26. The zero-order valence-electron chi connectivity index (χ0n) is 21.1. The largest absolute Gasteiger partial charge is 0.369 e. The van der Waals surface area contributed by atoms with Gasteiger partial charge in [0.05, 0.1) is 34.5 Å². The number of fused-ring (bicyclic) bond motifs is 1. The predicted octanol–water partition coefficient (Wildman–Crippen LogP) is 4.98. The zero-order valence-corrected chi connectivity index (χ0v) is 21.1. The molecule has 0 atom stereocenters. The molecule has 2 amide bonds. The summed E-state index contributed by atoms with van der Waals surface area (Å²) in [5.74, 6) is 7.00. The highest BCUT2D eigenvalue weighted by atomic mass is 16.2. The fourth-order valence-corrected chi connectivity index (χ4v) is 3.80. The van der Waals surface area contributed by atoms with Gasteiger partial charge < -0.3 is 10.6 Å². The first-order chi connectivity index (χ1) is 17.8. The van der Waals surface area contributed by atoms with Crippen LogP contribution in [-0.2, 0) is 0 Å². The summed E-state index contributed by atoms with van der Waals surface area (Å²) in [6.07, 6.45) is 3.12.